The first kappa shape index (κ1) is 13.9. The third-order valence-corrected chi connectivity index (χ3v) is 2.61. The first-order valence-corrected chi connectivity index (χ1v) is 5.34. The minimum atomic E-state index is -1.22. The van der Waals surface area contributed by atoms with Crippen LogP contribution in [-0.2, 0) is 15.1 Å². The first-order valence-electron chi connectivity index (χ1n) is 5.34. The van der Waals surface area contributed by atoms with E-state index in [-0.39, 0.29) is 11.6 Å². The number of carbonyl (C=O) groups is 2. The number of anilines is 1. The van der Waals surface area contributed by atoms with Crippen molar-refractivity contribution in [1.29, 1.82) is 0 Å². The maximum absolute atomic E-state index is 12.2. The van der Waals surface area contributed by atoms with Gasteiger partial charge in [-0.25, -0.2) is 4.98 Å². The lowest BCUT2D eigenvalue weighted by Gasteiger charge is -2.25. The normalized spacial score (nSPS) is 11.1. The van der Waals surface area contributed by atoms with E-state index in [4.69, 9.17) is 5.73 Å². The second-order valence-electron chi connectivity index (χ2n) is 4.46. The van der Waals surface area contributed by atoms with Gasteiger partial charge in [0.25, 0.3) is 5.56 Å². The minimum absolute atomic E-state index is 0.0161. The van der Waals surface area contributed by atoms with Gasteiger partial charge in [0.2, 0.25) is 11.8 Å². The third kappa shape index (κ3) is 2.39. The van der Waals surface area contributed by atoms with Crippen LogP contribution in [0.5, 0.6) is 0 Å². The molecule has 0 aliphatic heterocycles. The number of rotatable bonds is 3. The summed E-state index contributed by atoms with van der Waals surface area (Å²) in [5.74, 6) is -0.700. The molecule has 1 heterocycles. The molecule has 0 unspecified atom stereocenters. The van der Waals surface area contributed by atoms with Gasteiger partial charge < -0.3 is 11.1 Å². The van der Waals surface area contributed by atoms with Crippen LogP contribution in [0.1, 0.15) is 26.6 Å². The van der Waals surface area contributed by atoms with Gasteiger partial charge in [-0.15, -0.1) is 0 Å². The van der Waals surface area contributed by atoms with E-state index in [1.54, 1.807) is 6.92 Å². The van der Waals surface area contributed by atoms with Gasteiger partial charge in [0.15, 0.2) is 0 Å². The second-order valence-corrected chi connectivity index (χ2v) is 4.46. The standard InChI is InChI=1S/C11H16N4O3/c1-6-13-5-8(14-7(2)16)9(17)15(6)11(3,4)10(12)18/h5H,1-4H3,(H2,12,18)(H,14,16). The maximum Gasteiger partial charge on any atom is 0.278 e. The van der Waals surface area contributed by atoms with E-state index in [2.05, 4.69) is 10.3 Å². The average Bonchev–Trinajstić information content (AvgIpc) is 2.21. The fraction of sp³-hybridized carbons (Fsp3) is 0.455. The lowest BCUT2D eigenvalue weighted by atomic mass is 10.0. The predicted octanol–water partition coefficient (Wildman–Crippen LogP) is -0.269. The maximum atomic E-state index is 12.2. The smallest absolute Gasteiger partial charge is 0.278 e. The highest BCUT2D eigenvalue weighted by Crippen LogP contribution is 2.14. The van der Waals surface area contributed by atoms with Crippen molar-refractivity contribution in [3.63, 3.8) is 0 Å². The van der Waals surface area contributed by atoms with Crippen molar-refractivity contribution in [3.05, 3.63) is 22.4 Å². The van der Waals surface area contributed by atoms with Crippen molar-refractivity contribution < 1.29 is 9.59 Å². The number of carbonyl (C=O) groups excluding carboxylic acids is 2. The first-order chi connectivity index (χ1) is 8.17. The molecular weight excluding hydrogens is 236 g/mol. The molecule has 0 radical (unpaired) electrons. The zero-order chi connectivity index (χ0) is 14.1. The van der Waals surface area contributed by atoms with Crippen LogP contribution in [-0.4, -0.2) is 21.4 Å². The van der Waals surface area contributed by atoms with Gasteiger partial charge in [-0.3, -0.25) is 19.0 Å². The van der Waals surface area contributed by atoms with Gasteiger partial charge in [-0.05, 0) is 20.8 Å². The average molecular weight is 252 g/mol. The molecule has 1 aromatic rings. The number of primary amides is 1. The molecule has 0 atom stereocenters. The second kappa shape index (κ2) is 4.59. The van der Waals surface area contributed by atoms with Gasteiger partial charge in [-0.1, -0.05) is 0 Å². The number of hydrogen-bond acceptors (Lipinski definition) is 4. The van der Waals surface area contributed by atoms with Crippen LogP contribution in [0, 0.1) is 6.92 Å². The van der Waals surface area contributed by atoms with Gasteiger partial charge in [0.1, 0.15) is 17.1 Å². The number of hydrogen-bond donors (Lipinski definition) is 2. The molecule has 0 aliphatic rings. The monoisotopic (exact) mass is 252 g/mol. The third-order valence-electron chi connectivity index (χ3n) is 2.61. The number of amides is 2. The Morgan fingerprint density at radius 3 is 2.44 bits per heavy atom. The SMILES string of the molecule is CC(=O)Nc1cnc(C)n(C(C)(C)C(N)=O)c1=O. The molecule has 2 amide bonds. The van der Waals surface area contributed by atoms with Gasteiger partial charge >= 0.3 is 0 Å². The summed E-state index contributed by atoms with van der Waals surface area (Å²) < 4.78 is 1.17. The predicted molar refractivity (Wildman–Crippen MR) is 66.1 cm³/mol. The van der Waals surface area contributed by atoms with Crippen LogP contribution in [0.25, 0.3) is 0 Å². The van der Waals surface area contributed by atoms with E-state index in [0.717, 1.165) is 0 Å². The lowest BCUT2D eigenvalue weighted by Crippen LogP contribution is -2.48. The molecule has 0 aromatic carbocycles. The quantitative estimate of drug-likeness (QED) is 0.772. The fourth-order valence-electron chi connectivity index (χ4n) is 1.58. The largest absolute Gasteiger partial charge is 0.368 e. The van der Waals surface area contributed by atoms with Crippen LogP contribution >= 0.6 is 0 Å². The lowest BCUT2D eigenvalue weighted by molar-refractivity contribution is -0.125. The summed E-state index contributed by atoms with van der Waals surface area (Å²) in [6.07, 6.45) is 1.26. The highest BCUT2D eigenvalue weighted by molar-refractivity contribution is 5.88. The van der Waals surface area contributed by atoms with Gasteiger partial charge in [-0.2, -0.15) is 0 Å². The molecule has 1 aromatic heterocycles. The number of aromatic nitrogens is 2. The Morgan fingerprint density at radius 1 is 1.44 bits per heavy atom. The fourth-order valence-corrected chi connectivity index (χ4v) is 1.58. The summed E-state index contributed by atoms with van der Waals surface area (Å²) in [6.45, 7) is 5.90. The van der Waals surface area contributed by atoms with Crippen LogP contribution in [0.3, 0.4) is 0 Å². The highest BCUT2D eigenvalue weighted by atomic mass is 16.2. The summed E-state index contributed by atoms with van der Waals surface area (Å²) >= 11 is 0. The van der Waals surface area contributed by atoms with Crippen molar-refractivity contribution in [2.75, 3.05) is 5.32 Å². The Labute approximate surface area is 104 Å². The molecule has 0 bridgehead atoms. The van der Waals surface area contributed by atoms with Gasteiger partial charge in [0, 0.05) is 6.92 Å². The molecule has 0 spiro atoms. The number of nitrogens with two attached hydrogens (primary N) is 1. The molecule has 7 nitrogen and oxygen atoms in total. The molecule has 0 fully saturated rings. The molecule has 1 rings (SSSR count). The molecule has 7 heteroatoms. The van der Waals surface area contributed by atoms with E-state index in [0.29, 0.717) is 5.82 Å². The van der Waals surface area contributed by atoms with Crippen molar-refractivity contribution in [2.45, 2.75) is 33.2 Å². The van der Waals surface area contributed by atoms with Crippen LogP contribution in [0.15, 0.2) is 11.0 Å². The highest BCUT2D eigenvalue weighted by Gasteiger charge is 2.30. The van der Waals surface area contributed by atoms with E-state index in [9.17, 15) is 14.4 Å². The Balaban J connectivity index is 3.50. The van der Waals surface area contributed by atoms with Crippen LogP contribution in [0.2, 0.25) is 0 Å². The van der Waals surface area contributed by atoms with Crippen LogP contribution in [0.4, 0.5) is 5.69 Å². The Morgan fingerprint density at radius 2 is 2.00 bits per heavy atom. The summed E-state index contributed by atoms with van der Waals surface area (Å²) in [6, 6.07) is 0. The van der Waals surface area contributed by atoms with E-state index < -0.39 is 17.0 Å². The summed E-state index contributed by atoms with van der Waals surface area (Å²) in [7, 11) is 0. The topological polar surface area (TPSA) is 107 Å². The number of aryl methyl sites for hydroxylation is 1. The summed E-state index contributed by atoms with van der Waals surface area (Å²) in [5.41, 5.74) is 3.56. The van der Waals surface area contributed by atoms with Crippen molar-refractivity contribution in [2.24, 2.45) is 5.73 Å². The molecule has 0 saturated carbocycles. The van der Waals surface area contributed by atoms with E-state index in [1.807, 2.05) is 0 Å². The molecule has 18 heavy (non-hydrogen) atoms. The minimum Gasteiger partial charge on any atom is -0.368 e. The van der Waals surface area contributed by atoms with E-state index in [1.165, 1.54) is 31.5 Å². The van der Waals surface area contributed by atoms with Crippen LogP contribution < -0.4 is 16.6 Å². The van der Waals surface area contributed by atoms with E-state index >= 15 is 0 Å². The zero-order valence-electron chi connectivity index (χ0n) is 10.8. The number of nitrogens with zero attached hydrogens (tertiary/aromatic N) is 2. The Kier molecular flexibility index (Phi) is 3.54. The Bertz CT molecular complexity index is 560. The van der Waals surface area contributed by atoms with Crippen molar-refractivity contribution >= 4 is 17.5 Å². The molecule has 0 aliphatic carbocycles. The summed E-state index contributed by atoms with van der Waals surface area (Å²) in [5, 5.41) is 2.36. The number of nitrogens with one attached hydrogen (secondary N) is 1. The molecule has 98 valence electrons. The van der Waals surface area contributed by atoms with Gasteiger partial charge in [0.05, 0.1) is 6.20 Å². The Hall–Kier alpha value is -2.18. The molecule has 0 saturated heterocycles. The zero-order valence-corrected chi connectivity index (χ0v) is 10.8. The van der Waals surface area contributed by atoms with Crippen molar-refractivity contribution in [1.82, 2.24) is 9.55 Å². The molecular formula is C11H16N4O3. The molecule has 3 N–H and O–H groups in total. The summed E-state index contributed by atoms with van der Waals surface area (Å²) in [4.78, 5) is 38.5. The van der Waals surface area contributed by atoms with Crippen molar-refractivity contribution in [3.8, 4) is 0 Å².